The van der Waals surface area contributed by atoms with E-state index in [1.54, 1.807) is 24.1 Å². The lowest BCUT2D eigenvalue weighted by Crippen LogP contribution is -2.19. The molecule has 0 aliphatic heterocycles. The van der Waals surface area contributed by atoms with Crippen molar-refractivity contribution >= 4 is 0 Å². The molecule has 0 saturated carbocycles. The molecule has 0 saturated heterocycles. The largest absolute Gasteiger partial charge is 0.309 e. The van der Waals surface area contributed by atoms with Gasteiger partial charge in [0.05, 0.1) is 12.2 Å². The second-order valence-electron chi connectivity index (χ2n) is 4.12. The Morgan fingerprint density at radius 2 is 2.00 bits per heavy atom. The first kappa shape index (κ1) is 13.6. The quantitative estimate of drug-likeness (QED) is 0.865. The zero-order valence-electron chi connectivity index (χ0n) is 10.6. The third-order valence-corrected chi connectivity index (χ3v) is 2.98. The van der Waals surface area contributed by atoms with E-state index < -0.39 is 23.5 Å². The number of rotatable bonds is 4. The summed E-state index contributed by atoms with van der Waals surface area (Å²) in [6.07, 6.45) is 3.31. The molecule has 1 aromatic carbocycles. The maximum absolute atomic E-state index is 13.8. The summed E-state index contributed by atoms with van der Waals surface area (Å²) >= 11 is 0. The summed E-state index contributed by atoms with van der Waals surface area (Å²) in [5.41, 5.74) is 0.742. The minimum Gasteiger partial charge on any atom is -0.309 e. The monoisotopic (exact) mass is 269 g/mol. The summed E-state index contributed by atoms with van der Waals surface area (Å²) in [6, 6.07) is 1.58. The van der Waals surface area contributed by atoms with Crippen LogP contribution >= 0.6 is 0 Å². The molecule has 0 aliphatic carbocycles. The topological polar surface area (TPSA) is 29.9 Å². The average molecular weight is 269 g/mol. The Balaban J connectivity index is 2.45. The van der Waals surface area contributed by atoms with Gasteiger partial charge < -0.3 is 5.32 Å². The maximum Gasteiger partial charge on any atom is 0.194 e. The number of hydrogen-bond donors (Lipinski definition) is 1. The van der Waals surface area contributed by atoms with Gasteiger partial charge in [0.15, 0.2) is 17.5 Å². The fourth-order valence-electron chi connectivity index (χ4n) is 1.97. The molecule has 1 aromatic heterocycles. The van der Waals surface area contributed by atoms with Crippen LogP contribution in [0.2, 0.25) is 0 Å². The fraction of sp³-hybridized carbons (Fsp3) is 0.308. The number of aryl methyl sites for hydroxylation is 1. The molecule has 0 spiro atoms. The van der Waals surface area contributed by atoms with Gasteiger partial charge in [-0.1, -0.05) is 6.07 Å². The van der Waals surface area contributed by atoms with E-state index >= 15 is 0 Å². The summed E-state index contributed by atoms with van der Waals surface area (Å²) < 4.78 is 41.7. The van der Waals surface area contributed by atoms with E-state index in [1.165, 1.54) is 6.07 Å². The first-order chi connectivity index (χ1) is 9.08. The predicted octanol–water partition coefficient (Wildman–Crippen LogP) is 2.63. The zero-order valence-corrected chi connectivity index (χ0v) is 10.6. The normalized spacial score (nSPS) is 12.7. The molecule has 1 atom stereocenters. The van der Waals surface area contributed by atoms with Crippen LogP contribution in [0, 0.1) is 17.5 Å². The van der Waals surface area contributed by atoms with Gasteiger partial charge in [-0.25, -0.2) is 13.2 Å². The molecule has 102 valence electrons. The van der Waals surface area contributed by atoms with Crippen molar-refractivity contribution < 1.29 is 13.2 Å². The van der Waals surface area contributed by atoms with Crippen LogP contribution in [0.15, 0.2) is 24.5 Å². The molecule has 1 heterocycles. The van der Waals surface area contributed by atoms with Crippen molar-refractivity contribution in [2.45, 2.75) is 19.5 Å². The molecule has 0 fully saturated rings. The van der Waals surface area contributed by atoms with Gasteiger partial charge in [-0.05, 0) is 20.0 Å². The molecular weight excluding hydrogens is 255 g/mol. The lowest BCUT2D eigenvalue weighted by molar-refractivity contribution is 0.435. The van der Waals surface area contributed by atoms with Gasteiger partial charge in [-0.15, -0.1) is 0 Å². The summed E-state index contributed by atoms with van der Waals surface area (Å²) in [4.78, 5) is 0. The van der Waals surface area contributed by atoms with Crippen molar-refractivity contribution in [1.29, 1.82) is 0 Å². The standard InChI is InChI=1S/C13H14F3N3/c1-3-19-7-8(6-18-19)13(17-2)9-4-5-10(14)12(16)11(9)15/h4-7,13,17H,3H2,1-2H3. The smallest absolute Gasteiger partial charge is 0.194 e. The van der Waals surface area contributed by atoms with Gasteiger partial charge in [0.2, 0.25) is 0 Å². The summed E-state index contributed by atoms with van der Waals surface area (Å²) in [5.74, 6) is -3.83. The third kappa shape index (κ3) is 2.49. The predicted molar refractivity (Wildman–Crippen MR) is 65.1 cm³/mol. The van der Waals surface area contributed by atoms with E-state index in [-0.39, 0.29) is 5.56 Å². The van der Waals surface area contributed by atoms with Crippen molar-refractivity contribution in [2.24, 2.45) is 0 Å². The first-order valence-electron chi connectivity index (χ1n) is 5.91. The minimum atomic E-state index is -1.46. The van der Waals surface area contributed by atoms with Gasteiger partial charge in [0.25, 0.3) is 0 Å². The molecule has 0 aliphatic rings. The molecule has 1 unspecified atom stereocenters. The molecular formula is C13H14F3N3. The van der Waals surface area contributed by atoms with Crippen LogP contribution < -0.4 is 5.32 Å². The maximum atomic E-state index is 13.8. The number of nitrogens with zero attached hydrogens (tertiary/aromatic N) is 2. The Hall–Kier alpha value is -1.82. The van der Waals surface area contributed by atoms with Crippen LogP contribution in [0.4, 0.5) is 13.2 Å². The Bertz CT molecular complexity index is 581. The number of hydrogen-bond acceptors (Lipinski definition) is 2. The third-order valence-electron chi connectivity index (χ3n) is 2.98. The van der Waals surface area contributed by atoms with Crippen LogP contribution in [0.3, 0.4) is 0 Å². The van der Waals surface area contributed by atoms with Crippen molar-refractivity contribution in [3.8, 4) is 0 Å². The number of aromatic nitrogens is 2. The van der Waals surface area contributed by atoms with E-state index in [2.05, 4.69) is 10.4 Å². The van der Waals surface area contributed by atoms with Crippen molar-refractivity contribution in [3.63, 3.8) is 0 Å². The Morgan fingerprint density at radius 3 is 2.58 bits per heavy atom. The highest BCUT2D eigenvalue weighted by Gasteiger charge is 2.22. The van der Waals surface area contributed by atoms with Crippen LogP contribution in [0.1, 0.15) is 24.1 Å². The number of benzene rings is 1. The molecule has 0 bridgehead atoms. The molecule has 6 heteroatoms. The van der Waals surface area contributed by atoms with Gasteiger partial charge >= 0.3 is 0 Å². The van der Waals surface area contributed by atoms with Crippen LogP contribution in [0.5, 0.6) is 0 Å². The van der Waals surface area contributed by atoms with E-state index in [9.17, 15) is 13.2 Å². The first-order valence-corrected chi connectivity index (χ1v) is 5.91. The average Bonchev–Trinajstić information content (AvgIpc) is 2.88. The van der Waals surface area contributed by atoms with E-state index in [4.69, 9.17) is 0 Å². The Morgan fingerprint density at radius 1 is 1.26 bits per heavy atom. The van der Waals surface area contributed by atoms with E-state index in [0.717, 1.165) is 6.07 Å². The Kier molecular flexibility index (Phi) is 3.90. The van der Waals surface area contributed by atoms with Crippen molar-refractivity contribution in [1.82, 2.24) is 15.1 Å². The zero-order chi connectivity index (χ0) is 14.0. The number of nitrogens with one attached hydrogen (secondary N) is 1. The molecule has 0 amide bonds. The minimum absolute atomic E-state index is 0.0528. The van der Waals surface area contributed by atoms with Gasteiger partial charge in [-0.2, -0.15) is 5.10 Å². The number of halogens is 3. The molecule has 2 aromatic rings. The van der Waals surface area contributed by atoms with Crippen LogP contribution in [-0.2, 0) is 6.54 Å². The van der Waals surface area contributed by atoms with E-state index in [1.807, 2.05) is 6.92 Å². The van der Waals surface area contributed by atoms with Crippen LogP contribution in [-0.4, -0.2) is 16.8 Å². The van der Waals surface area contributed by atoms with Gasteiger partial charge in [-0.3, -0.25) is 4.68 Å². The van der Waals surface area contributed by atoms with Crippen LogP contribution in [0.25, 0.3) is 0 Å². The molecule has 1 N–H and O–H groups in total. The summed E-state index contributed by atoms with van der Waals surface area (Å²) in [7, 11) is 1.62. The van der Waals surface area contributed by atoms with Crippen molar-refractivity contribution in [2.75, 3.05) is 7.05 Å². The molecule has 3 nitrogen and oxygen atoms in total. The van der Waals surface area contributed by atoms with Gasteiger partial charge in [0.1, 0.15) is 0 Å². The molecule has 19 heavy (non-hydrogen) atoms. The summed E-state index contributed by atoms with van der Waals surface area (Å²) in [6.45, 7) is 2.60. The summed E-state index contributed by atoms with van der Waals surface area (Å²) in [5, 5.41) is 6.96. The Labute approximate surface area is 109 Å². The lowest BCUT2D eigenvalue weighted by atomic mass is 10.0. The highest BCUT2D eigenvalue weighted by Crippen LogP contribution is 2.26. The fourth-order valence-corrected chi connectivity index (χ4v) is 1.97. The SMILES string of the molecule is CCn1cc(C(NC)c2ccc(F)c(F)c2F)cn1. The molecule has 2 rings (SSSR count). The lowest BCUT2D eigenvalue weighted by Gasteiger charge is -2.16. The highest BCUT2D eigenvalue weighted by molar-refractivity contribution is 5.31. The molecule has 0 radical (unpaired) electrons. The van der Waals surface area contributed by atoms with Gasteiger partial charge in [0, 0.05) is 23.9 Å². The van der Waals surface area contributed by atoms with E-state index in [0.29, 0.717) is 12.1 Å². The van der Waals surface area contributed by atoms with Crippen molar-refractivity contribution in [3.05, 3.63) is 53.1 Å². The highest BCUT2D eigenvalue weighted by atomic mass is 19.2. The second-order valence-corrected chi connectivity index (χ2v) is 4.12. The second kappa shape index (κ2) is 5.44.